The number of halogens is 1. The SMILES string of the molecule is CC1CCCCC1NS(=O)(=O)c1ccc(F)cc1N. The molecule has 0 aliphatic heterocycles. The van der Waals surface area contributed by atoms with Gasteiger partial charge >= 0.3 is 0 Å². The molecule has 2 rings (SSSR count). The van der Waals surface area contributed by atoms with Crippen LogP contribution >= 0.6 is 0 Å². The summed E-state index contributed by atoms with van der Waals surface area (Å²) in [6.45, 7) is 2.04. The van der Waals surface area contributed by atoms with Crippen LogP contribution < -0.4 is 10.5 Å². The number of benzene rings is 1. The van der Waals surface area contributed by atoms with Crippen LogP contribution in [-0.2, 0) is 10.0 Å². The predicted octanol–water partition coefficient (Wildman–Crippen LogP) is 2.26. The molecule has 1 aliphatic rings. The fourth-order valence-electron chi connectivity index (χ4n) is 2.52. The second-order valence-corrected chi connectivity index (χ2v) is 6.85. The molecule has 0 aromatic heterocycles. The van der Waals surface area contributed by atoms with E-state index in [2.05, 4.69) is 4.72 Å². The Hall–Kier alpha value is -1.14. The lowest BCUT2D eigenvalue weighted by Crippen LogP contribution is -2.41. The molecule has 19 heavy (non-hydrogen) atoms. The first-order valence-corrected chi connectivity index (χ1v) is 7.96. The second kappa shape index (κ2) is 5.46. The number of sulfonamides is 1. The van der Waals surface area contributed by atoms with E-state index in [0.29, 0.717) is 5.92 Å². The number of anilines is 1. The van der Waals surface area contributed by atoms with Gasteiger partial charge in [-0.25, -0.2) is 17.5 Å². The highest BCUT2D eigenvalue weighted by atomic mass is 32.2. The first kappa shape index (κ1) is 14.3. The molecule has 2 atom stereocenters. The summed E-state index contributed by atoms with van der Waals surface area (Å²) in [4.78, 5) is -0.0494. The van der Waals surface area contributed by atoms with Crippen molar-refractivity contribution in [2.75, 3.05) is 5.73 Å². The summed E-state index contributed by atoms with van der Waals surface area (Å²) in [5, 5.41) is 0. The fraction of sp³-hybridized carbons (Fsp3) is 0.538. The van der Waals surface area contributed by atoms with Crippen molar-refractivity contribution in [1.82, 2.24) is 4.72 Å². The van der Waals surface area contributed by atoms with Crippen molar-refractivity contribution in [3.8, 4) is 0 Å². The van der Waals surface area contributed by atoms with E-state index in [9.17, 15) is 12.8 Å². The lowest BCUT2D eigenvalue weighted by molar-refractivity contribution is 0.310. The summed E-state index contributed by atoms with van der Waals surface area (Å²) in [5.41, 5.74) is 5.53. The molecular weight excluding hydrogens is 267 g/mol. The quantitative estimate of drug-likeness (QED) is 0.837. The zero-order valence-corrected chi connectivity index (χ0v) is 11.7. The van der Waals surface area contributed by atoms with Gasteiger partial charge in [0.1, 0.15) is 10.7 Å². The Bertz CT molecular complexity index is 560. The Morgan fingerprint density at radius 1 is 1.32 bits per heavy atom. The van der Waals surface area contributed by atoms with Gasteiger partial charge in [0.15, 0.2) is 0 Å². The van der Waals surface area contributed by atoms with E-state index in [1.54, 1.807) is 0 Å². The molecule has 1 aliphatic carbocycles. The fourth-order valence-corrected chi connectivity index (χ4v) is 4.01. The minimum absolute atomic E-state index is 0.0494. The smallest absolute Gasteiger partial charge is 0.242 e. The average Bonchev–Trinajstić information content (AvgIpc) is 2.31. The number of hydrogen-bond donors (Lipinski definition) is 2. The number of rotatable bonds is 3. The molecule has 1 aromatic rings. The molecule has 0 amide bonds. The molecule has 0 heterocycles. The van der Waals surface area contributed by atoms with Gasteiger partial charge in [0, 0.05) is 6.04 Å². The second-order valence-electron chi connectivity index (χ2n) is 5.17. The number of hydrogen-bond acceptors (Lipinski definition) is 3. The monoisotopic (exact) mass is 286 g/mol. The highest BCUT2D eigenvalue weighted by Crippen LogP contribution is 2.26. The zero-order chi connectivity index (χ0) is 14.0. The van der Waals surface area contributed by atoms with Crippen LogP contribution in [0.5, 0.6) is 0 Å². The van der Waals surface area contributed by atoms with Crippen molar-refractivity contribution in [2.24, 2.45) is 5.92 Å². The van der Waals surface area contributed by atoms with Crippen molar-refractivity contribution in [3.63, 3.8) is 0 Å². The molecule has 0 bridgehead atoms. The maximum Gasteiger partial charge on any atom is 0.242 e. The van der Waals surface area contributed by atoms with E-state index >= 15 is 0 Å². The molecule has 4 nitrogen and oxygen atoms in total. The van der Waals surface area contributed by atoms with Gasteiger partial charge in [0.05, 0.1) is 5.69 Å². The van der Waals surface area contributed by atoms with Gasteiger partial charge in [-0.15, -0.1) is 0 Å². The Kier molecular flexibility index (Phi) is 4.10. The maximum atomic E-state index is 13.0. The molecule has 3 N–H and O–H groups in total. The minimum Gasteiger partial charge on any atom is -0.398 e. The zero-order valence-electron chi connectivity index (χ0n) is 10.9. The van der Waals surface area contributed by atoms with E-state index in [4.69, 9.17) is 5.73 Å². The first-order valence-electron chi connectivity index (χ1n) is 6.47. The van der Waals surface area contributed by atoms with Gasteiger partial charge in [-0.1, -0.05) is 19.8 Å². The van der Waals surface area contributed by atoms with Crippen LogP contribution in [0.1, 0.15) is 32.6 Å². The van der Waals surface area contributed by atoms with Crippen LogP contribution in [0.2, 0.25) is 0 Å². The summed E-state index contributed by atoms with van der Waals surface area (Å²) in [7, 11) is -3.68. The third-order valence-electron chi connectivity index (χ3n) is 3.68. The van der Waals surface area contributed by atoms with Crippen molar-refractivity contribution in [2.45, 2.75) is 43.5 Å². The van der Waals surface area contributed by atoms with Crippen LogP contribution in [0.3, 0.4) is 0 Å². The normalized spacial score (nSPS) is 24.3. The predicted molar refractivity (Wildman–Crippen MR) is 72.6 cm³/mol. The van der Waals surface area contributed by atoms with Gasteiger partial charge in [0.25, 0.3) is 0 Å². The van der Waals surface area contributed by atoms with Crippen molar-refractivity contribution < 1.29 is 12.8 Å². The van der Waals surface area contributed by atoms with Crippen LogP contribution in [0.4, 0.5) is 10.1 Å². The van der Waals surface area contributed by atoms with Gasteiger partial charge < -0.3 is 5.73 Å². The maximum absolute atomic E-state index is 13.0. The van der Waals surface area contributed by atoms with Crippen molar-refractivity contribution in [1.29, 1.82) is 0 Å². The topological polar surface area (TPSA) is 72.2 Å². The van der Waals surface area contributed by atoms with Crippen LogP contribution in [-0.4, -0.2) is 14.5 Å². The summed E-state index contributed by atoms with van der Waals surface area (Å²) in [6, 6.07) is 3.28. The van der Waals surface area contributed by atoms with Crippen LogP contribution in [0, 0.1) is 11.7 Å². The summed E-state index contributed by atoms with van der Waals surface area (Å²) < 4.78 is 40.2. The number of nitrogens with two attached hydrogens (primary N) is 1. The molecule has 0 saturated heterocycles. The van der Waals surface area contributed by atoms with Crippen molar-refractivity contribution >= 4 is 15.7 Å². The first-order chi connectivity index (χ1) is 8.90. The van der Waals surface area contributed by atoms with E-state index in [1.807, 2.05) is 6.92 Å². The highest BCUT2D eigenvalue weighted by molar-refractivity contribution is 7.89. The molecule has 106 valence electrons. The highest BCUT2D eigenvalue weighted by Gasteiger charge is 2.27. The third kappa shape index (κ3) is 3.25. The summed E-state index contributed by atoms with van der Waals surface area (Å²) in [5.74, 6) is -0.229. The van der Waals surface area contributed by atoms with Gasteiger partial charge in [-0.3, -0.25) is 0 Å². The molecule has 0 spiro atoms. The molecule has 6 heteroatoms. The summed E-state index contributed by atoms with van der Waals surface area (Å²) >= 11 is 0. The Labute approximate surface area is 113 Å². The van der Waals surface area contributed by atoms with Crippen molar-refractivity contribution in [3.05, 3.63) is 24.0 Å². The standard InChI is InChI=1S/C13H19FN2O2S/c1-9-4-2-3-5-12(9)16-19(17,18)13-7-6-10(14)8-11(13)15/h6-9,12,16H,2-5,15H2,1H3. The van der Waals surface area contributed by atoms with E-state index in [0.717, 1.165) is 37.8 Å². The molecule has 1 aromatic carbocycles. The van der Waals surface area contributed by atoms with E-state index in [1.165, 1.54) is 6.07 Å². The van der Waals surface area contributed by atoms with Gasteiger partial charge in [-0.05, 0) is 37.0 Å². The van der Waals surface area contributed by atoms with Gasteiger partial charge in [0.2, 0.25) is 10.0 Å². The van der Waals surface area contributed by atoms with Gasteiger partial charge in [-0.2, -0.15) is 0 Å². The average molecular weight is 286 g/mol. The lowest BCUT2D eigenvalue weighted by atomic mass is 9.87. The lowest BCUT2D eigenvalue weighted by Gasteiger charge is -2.29. The number of nitrogens with one attached hydrogen (secondary N) is 1. The minimum atomic E-state index is -3.68. The molecule has 0 radical (unpaired) electrons. The van der Waals surface area contributed by atoms with Crippen LogP contribution in [0.15, 0.2) is 23.1 Å². The summed E-state index contributed by atoms with van der Waals surface area (Å²) in [6.07, 6.45) is 4.02. The largest absolute Gasteiger partial charge is 0.398 e. The Balaban J connectivity index is 2.22. The molecular formula is C13H19FN2O2S. The molecule has 1 fully saturated rings. The van der Waals surface area contributed by atoms with E-state index < -0.39 is 15.8 Å². The van der Waals surface area contributed by atoms with E-state index in [-0.39, 0.29) is 16.6 Å². The molecule has 2 unspecified atom stereocenters. The third-order valence-corrected chi connectivity index (χ3v) is 5.24. The Morgan fingerprint density at radius 3 is 2.63 bits per heavy atom. The number of nitrogen functional groups attached to an aromatic ring is 1. The molecule has 1 saturated carbocycles. The Morgan fingerprint density at radius 2 is 2.00 bits per heavy atom. The van der Waals surface area contributed by atoms with Crippen LogP contribution in [0.25, 0.3) is 0 Å².